The van der Waals surface area contributed by atoms with Crippen molar-refractivity contribution in [2.24, 2.45) is 0 Å². The molecule has 5 heteroatoms. The van der Waals surface area contributed by atoms with Gasteiger partial charge in [0, 0.05) is 6.04 Å². The van der Waals surface area contributed by atoms with E-state index < -0.39 is 0 Å². The first-order chi connectivity index (χ1) is 8.81. The lowest BCUT2D eigenvalue weighted by Crippen LogP contribution is -2.28. The number of rotatable bonds is 2. The summed E-state index contributed by atoms with van der Waals surface area (Å²) in [6.07, 6.45) is 8.32. The summed E-state index contributed by atoms with van der Waals surface area (Å²) in [4.78, 5) is 25.1. The summed E-state index contributed by atoms with van der Waals surface area (Å²) in [5.41, 5.74) is 2.04. The first kappa shape index (κ1) is 11.3. The quantitative estimate of drug-likeness (QED) is 0.809. The molecule has 1 saturated carbocycles. The second-order valence-electron chi connectivity index (χ2n) is 4.76. The molecule has 1 fully saturated rings. The van der Waals surface area contributed by atoms with Crippen molar-refractivity contribution in [1.29, 1.82) is 0 Å². The summed E-state index contributed by atoms with van der Waals surface area (Å²) in [7, 11) is 0. The maximum Gasteiger partial charge on any atom is 0.274 e. The zero-order valence-corrected chi connectivity index (χ0v) is 10.5. The van der Waals surface area contributed by atoms with Crippen molar-refractivity contribution in [3.63, 3.8) is 0 Å². The third-order valence-corrected chi connectivity index (χ3v) is 3.65. The van der Waals surface area contributed by atoms with Crippen molar-refractivity contribution in [2.45, 2.75) is 45.1 Å². The van der Waals surface area contributed by atoms with Crippen molar-refractivity contribution in [1.82, 2.24) is 19.5 Å². The molecule has 2 aromatic heterocycles. The van der Waals surface area contributed by atoms with Gasteiger partial charge in [-0.15, -0.1) is 0 Å². The van der Waals surface area contributed by atoms with Crippen LogP contribution < -0.4 is 5.56 Å². The van der Waals surface area contributed by atoms with E-state index in [-0.39, 0.29) is 11.6 Å². The van der Waals surface area contributed by atoms with Gasteiger partial charge in [-0.3, -0.25) is 9.36 Å². The number of fused-ring (bicyclic) bond motifs is 1. The Kier molecular flexibility index (Phi) is 2.81. The van der Waals surface area contributed by atoms with Gasteiger partial charge in [0.05, 0.1) is 6.20 Å². The number of hydrogen-bond acceptors (Lipinski definition) is 4. The van der Waals surface area contributed by atoms with Gasteiger partial charge in [-0.25, -0.2) is 15.0 Å². The maximum absolute atomic E-state index is 12.4. The zero-order chi connectivity index (χ0) is 12.5. The molecule has 0 unspecified atom stereocenters. The van der Waals surface area contributed by atoms with E-state index in [9.17, 15) is 4.79 Å². The average Bonchev–Trinajstić information content (AvgIpc) is 2.91. The fourth-order valence-corrected chi connectivity index (χ4v) is 2.74. The third-order valence-electron chi connectivity index (χ3n) is 3.65. The van der Waals surface area contributed by atoms with Crippen molar-refractivity contribution in [3.8, 4) is 0 Å². The van der Waals surface area contributed by atoms with Crippen LogP contribution in [-0.2, 0) is 6.42 Å². The van der Waals surface area contributed by atoms with E-state index in [0.717, 1.165) is 18.4 Å². The molecule has 5 nitrogen and oxygen atoms in total. The van der Waals surface area contributed by atoms with E-state index in [1.807, 2.05) is 11.5 Å². The largest absolute Gasteiger partial charge is 0.287 e. The van der Waals surface area contributed by atoms with Crippen LogP contribution >= 0.6 is 0 Å². The molecule has 2 aromatic rings. The highest BCUT2D eigenvalue weighted by Gasteiger charge is 2.22. The second-order valence-corrected chi connectivity index (χ2v) is 4.76. The van der Waals surface area contributed by atoms with E-state index in [0.29, 0.717) is 17.8 Å². The summed E-state index contributed by atoms with van der Waals surface area (Å²) < 4.78 is 1.84. The Morgan fingerprint density at radius 2 is 2.17 bits per heavy atom. The first-order valence-corrected chi connectivity index (χ1v) is 6.52. The number of aromatic nitrogens is 4. The Morgan fingerprint density at radius 3 is 2.89 bits per heavy atom. The van der Waals surface area contributed by atoms with Crippen molar-refractivity contribution >= 4 is 11.2 Å². The fraction of sp³-hybridized carbons (Fsp3) is 0.538. The number of aryl methyl sites for hydroxylation is 1. The van der Waals surface area contributed by atoms with E-state index >= 15 is 0 Å². The molecule has 0 bridgehead atoms. The van der Waals surface area contributed by atoms with Crippen LogP contribution in [0.25, 0.3) is 11.2 Å². The molecule has 0 aromatic carbocycles. The van der Waals surface area contributed by atoms with Gasteiger partial charge in [-0.05, 0) is 19.3 Å². The molecule has 0 radical (unpaired) electrons. The summed E-state index contributed by atoms with van der Waals surface area (Å²) in [6, 6.07) is 0.281. The van der Waals surface area contributed by atoms with Gasteiger partial charge in [0.2, 0.25) is 0 Å². The molecule has 1 aliphatic carbocycles. The summed E-state index contributed by atoms with van der Waals surface area (Å²) in [6.45, 7) is 1.96. The normalized spacial score (nSPS) is 16.5. The number of hydrogen-bond donors (Lipinski definition) is 0. The number of nitrogens with zero attached hydrogens (tertiary/aromatic N) is 4. The lowest BCUT2D eigenvalue weighted by Gasteiger charge is -2.16. The van der Waals surface area contributed by atoms with E-state index in [4.69, 9.17) is 0 Å². The molecule has 2 heterocycles. The minimum atomic E-state index is 0.0237. The standard InChI is InChI=1S/C13H16N4O/c1-2-10-13(18)17(9-5-3-4-6-9)12-11(16-10)7-14-8-15-12/h7-9H,2-6H2,1H3. The Hall–Kier alpha value is -1.78. The van der Waals surface area contributed by atoms with Crippen molar-refractivity contribution in [2.75, 3.05) is 0 Å². The highest BCUT2D eigenvalue weighted by Crippen LogP contribution is 2.29. The molecular weight excluding hydrogens is 228 g/mol. The predicted molar refractivity (Wildman–Crippen MR) is 68.5 cm³/mol. The zero-order valence-electron chi connectivity index (χ0n) is 10.5. The summed E-state index contributed by atoms with van der Waals surface area (Å²) >= 11 is 0. The smallest absolute Gasteiger partial charge is 0.274 e. The second kappa shape index (κ2) is 4.48. The molecule has 0 aliphatic heterocycles. The van der Waals surface area contributed by atoms with Crippen molar-refractivity contribution < 1.29 is 0 Å². The van der Waals surface area contributed by atoms with Crippen LogP contribution in [0.1, 0.15) is 44.3 Å². The first-order valence-electron chi connectivity index (χ1n) is 6.52. The lowest BCUT2D eigenvalue weighted by molar-refractivity contribution is 0.510. The van der Waals surface area contributed by atoms with Gasteiger partial charge in [0.25, 0.3) is 5.56 Å². The molecule has 0 N–H and O–H groups in total. The lowest BCUT2D eigenvalue weighted by atomic mass is 10.2. The van der Waals surface area contributed by atoms with E-state index in [1.54, 1.807) is 6.20 Å². The fourth-order valence-electron chi connectivity index (χ4n) is 2.74. The van der Waals surface area contributed by atoms with Crippen LogP contribution in [0.4, 0.5) is 0 Å². The summed E-state index contributed by atoms with van der Waals surface area (Å²) in [5.74, 6) is 0. The Balaban J connectivity index is 2.31. The Labute approximate surface area is 105 Å². The van der Waals surface area contributed by atoms with Crippen LogP contribution in [0.2, 0.25) is 0 Å². The van der Waals surface area contributed by atoms with Gasteiger partial charge < -0.3 is 0 Å². The van der Waals surface area contributed by atoms with Gasteiger partial charge >= 0.3 is 0 Å². The minimum absolute atomic E-state index is 0.0237. The molecule has 3 rings (SSSR count). The molecule has 18 heavy (non-hydrogen) atoms. The van der Waals surface area contributed by atoms with Crippen LogP contribution in [0.3, 0.4) is 0 Å². The van der Waals surface area contributed by atoms with Crippen LogP contribution in [0.5, 0.6) is 0 Å². The van der Waals surface area contributed by atoms with Crippen LogP contribution in [-0.4, -0.2) is 19.5 Å². The molecule has 0 amide bonds. The Bertz CT molecular complexity index is 628. The maximum atomic E-state index is 12.4. The molecule has 0 atom stereocenters. The highest BCUT2D eigenvalue weighted by atomic mass is 16.1. The minimum Gasteiger partial charge on any atom is -0.287 e. The third kappa shape index (κ3) is 1.70. The van der Waals surface area contributed by atoms with Crippen LogP contribution in [0.15, 0.2) is 17.3 Å². The predicted octanol–water partition coefficient (Wildman–Crippen LogP) is 1.86. The molecule has 94 valence electrons. The highest BCUT2D eigenvalue weighted by molar-refractivity contribution is 5.68. The van der Waals surface area contributed by atoms with Crippen molar-refractivity contribution in [3.05, 3.63) is 28.6 Å². The Morgan fingerprint density at radius 1 is 1.39 bits per heavy atom. The van der Waals surface area contributed by atoms with Crippen LogP contribution in [0, 0.1) is 0 Å². The molecule has 0 spiro atoms. The van der Waals surface area contributed by atoms with E-state index in [1.165, 1.54) is 19.2 Å². The molecular formula is C13H16N4O. The van der Waals surface area contributed by atoms with Gasteiger partial charge in [-0.1, -0.05) is 19.8 Å². The molecule has 0 saturated heterocycles. The SMILES string of the molecule is CCc1nc2cncnc2n(C2CCCC2)c1=O. The van der Waals surface area contributed by atoms with Gasteiger partial charge in [-0.2, -0.15) is 0 Å². The topological polar surface area (TPSA) is 60.7 Å². The monoisotopic (exact) mass is 244 g/mol. The van der Waals surface area contributed by atoms with E-state index in [2.05, 4.69) is 15.0 Å². The summed E-state index contributed by atoms with van der Waals surface area (Å²) in [5, 5.41) is 0. The average molecular weight is 244 g/mol. The van der Waals surface area contributed by atoms with Gasteiger partial charge in [0.15, 0.2) is 5.65 Å². The van der Waals surface area contributed by atoms with Gasteiger partial charge in [0.1, 0.15) is 17.5 Å². The molecule has 1 aliphatic rings.